The molecule has 1 saturated carbocycles. The van der Waals surface area contributed by atoms with Gasteiger partial charge in [0.15, 0.2) is 5.78 Å². The zero-order chi connectivity index (χ0) is 28.6. The van der Waals surface area contributed by atoms with Gasteiger partial charge in [-0.1, -0.05) is 50.3 Å². The van der Waals surface area contributed by atoms with E-state index in [0.717, 1.165) is 10.9 Å². The molecule has 4 aliphatic rings. The Bertz CT molecular complexity index is 1440. The first-order valence-corrected chi connectivity index (χ1v) is 14.3. The maximum Gasteiger partial charge on any atom is 0.235 e. The third-order valence-corrected chi connectivity index (χ3v) is 10.2. The number of aromatic amines is 1. The molecule has 1 spiro atoms. The second-order valence-electron chi connectivity index (χ2n) is 12.5. The van der Waals surface area contributed by atoms with Crippen LogP contribution in [0.2, 0.25) is 0 Å². The van der Waals surface area contributed by atoms with E-state index in [9.17, 15) is 24.6 Å². The Labute approximate surface area is 233 Å². The van der Waals surface area contributed by atoms with Crippen molar-refractivity contribution < 1.29 is 29.3 Å². The molecule has 8 heteroatoms. The summed E-state index contributed by atoms with van der Waals surface area (Å²) in [6.45, 7) is 7.71. The Kier molecular flexibility index (Phi) is 6.44. The van der Waals surface area contributed by atoms with Gasteiger partial charge in [-0.25, -0.2) is 0 Å². The number of fused-ring (bicyclic) bond motifs is 3. The molecule has 2 saturated heterocycles. The highest BCUT2D eigenvalue weighted by atomic mass is 16.6. The average molecular weight is 547 g/mol. The number of allylic oxidation sites excluding steroid dienone is 2. The minimum absolute atomic E-state index is 0.0264. The van der Waals surface area contributed by atoms with Crippen LogP contribution in [0.15, 0.2) is 54.3 Å². The minimum Gasteiger partial charge on any atom is -0.386 e. The van der Waals surface area contributed by atoms with Gasteiger partial charge in [0, 0.05) is 40.9 Å². The maximum absolute atomic E-state index is 14.4. The predicted octanol–water partition coefficient (Wildman–Crippen LogP) is 3.55. The Morgan fingerprint density at radius 2 is 1.90 bits per heavy atom. The fourth-order valence-corrected chi connectivity index (χ4v) is 7.95. The number of H-pyrrole nitrogens is 1. The lowest BCUT2D eigenvalue weighted by Crippen LogP contribution is -2.58. The molecule has 1 aromatic heterocycles. The molecule has 3 fully saturated rings. The molecule has 6 rings (SSSR count). The molecule has 2 aromatic rings. The van der Waals surface area contributed by atoms with E-state index < -0.39 is 52.8 Å². The van der Waals surface area contributed by atoms with Crippen molar-refractivity contribution in [3.63, 3.8) is 0 Å². The van der Waals surface area contributed by atoms with Crippen LogP contribution in [-0.4, -0.2) is 56.5 Å². The summed E-state index contributed by atoms with van der Waals surface area (Å²) in [7, 11) is 0. The molecule has 0 radical (unpaired) electrons. The number of para-hydroxylation sites is 1. The highest BCUT2D eigenvalue weighted by Gasteiger charge is 2.78. The van der Waals surface area contributed by atoms with Gasteiger partial charge in [0.25, 0.3) is 0 Å². The molecule has 40 heavy (non-hydrogen) atoms. The van der Waals surface area contributed by atoms with Gasteiger partial charge in [0.1, 0.15) is 23.4 Å². The van der Waals surface area contributed by atoms with Crippen molar-refractivity contribution in [2.75, 3.05) is 0 Å². The van der Waals surface area contributed by atoms with Gasteiger partial charge < -0.3 is 25.3 Å². The molecule has 3 heterocycles. The monoisotopic (exact) mass is 546 g/mol. The van der Waals surface area contributed by atoms with E-state index in [1.54, 1.807) is 13.1 Å². The number of ketones is 2. The van der Waals surface area contributed by atoms with E-state index in [4.69, 9.17) is 4.74 Å². The number of benzene rings is 1. The first-order valence-electron chi connectivity index (χ1n) is 14.3. The highest BCUT2D eigenvalue weighted by Crippen LogP contribution is 2.66. The van der Waals surface area contributed by atoms with Crippen molar-refractivity contribution in [3.8, 4) is 0 Å². The number of carbonyl (C=O) groups excluding carboxylic acids is 3. The zero-order valence-electron chi connectivity index (χ0n) is 23.4. The van der Waals surface area contributed by atoms with Crippen LogP contribution in [-0.2, 0) is 19.1 Å². The number of epoxide rings is 1. The zero-order valence-corrected chi connectivity index (χ0v) is 23.4. The number of aliphatic hydroxyl groups is 2. The van der Waals surface area contributed by atoms with Crippen LogP contribution >= 0.6 is 0 Å². The summed E-state index contributed by atoms with van der Waals surface area (Å²) in [6, 6.07) is 6.94. The molecule has 1 aromatic carbocycles. The molecular formula is C32H38N2O6. The maximum atomic E-state index is 14.4. The molecule has 2 aliphatic heterocycles. The second-order valence-corrected chi connectivity index (χ2v) is 12.5. The quantitative estimate of drug-likeness (QED) is 0.259. The predicted molar refractivity (Wildman–Crippen MR) is 149 cm³/mol. The van der Waals surface area contributed by atoms with Gasteiger partial charge >= 0.3 is 0 Å². The summed E-state index contributed by atoms with van der Waals surface area (Å²) in [6.07, 6.45) is 5.26. The van der Waals surface area contributed by atoms with E-state index in [1.807, 2.05) is 63.3 Å². The van der Waals surface area contributed by atoms with Crippen molar-refractivity contribution in [1.82, 2.24) is 10.3 Å². The smallest absolute Gasteiger partial charge is 0.235 e. The Morgan fingerprint density at radius 3 is 2.67 bits per heavy atom. The summed E-state index contributed by atoms with van der Waals surface area (Å²) in [5, 5.41) is 26.5. The first kappa shape index (κ1) is 27.1. The standard InChI is InChI=1S/C32H38N2O6/c1-16-8-7-10-21-29-31(4,40-29)18(3)25-26(28(38)20-15-33-22-11-6-5-9-19(20)22)34-30(39)32(21,25)24(36)13-12-23(35)27(37)17(2)14-16/h5-7,9-11,14-16,18,21,23,25-26,28-29,33,35,38H,8,12-13H2,1-4H3,(H,34,39). The van der Waals surface area contributed by atoms with Crippen molar-refractivity contribution in [1.29, 1.82) is 0 Å². The normalized spacial score (nSPS) is 40.6. The molecule has 4 N–H and O–H groups in total. The lowest BCUT2D eigenvalue weighted by atomic mass is 9.51. The molecule has 0 bridgehead atoms. The number of aliphatic hydroxyl groups excluding tert-OH is 2. The summed E-state index contributed by atoms with van der Waals surface area (Å²) in [5.41, 5.74) is -0.0212. The van der Waals surface area contributed by atoms with Crippen LogP contribution in [0.1, 0.15) is 58.6 Å². The van der Waals surface area contributed by atoms with Crippen molar-refractivity contribution in [2.24, 2.45) is 29.1 Å². The van der Waals surface area contributed by atoms with Crippen LogP contribution in [0, 0.1) is 29.1 Å². The minimum atomic E-state index is -1.49. The number of aromatic nitrogens is 1. The van der Waals surface area contributed by atoms with E-state index in [1.165, 1.54) is 0 Å². The summed E-state index contributed by atoms with van der Waals surface area (Å²) in [4.78, 5) is 44.6. The van der Waals surface area contributed by atoms with Crippen molar-refractivity contribution in [2.45, 2.75) is 76.9 Å². The van der Waals surface area contributed by atoms with Crippen LogP contribution in [0.3, 0.4) is 0 Å². The summed E-state index contributed by atoms with van der Waals surface area (Å²) >= 11 is 0. The molecule has 10 unspecified atom stereocenters. The molecule has 212 valence electrons. The van der Waals surface area contributed by atoms with Gasteiger partial charge in [-0.15, -0.1) is 0 Å². The SMILES string of the molecule is CC1=CC(C)CC=CC2C3OC3(C)C(C)C3C(C(O)c4c[nH]c5ccccc45)NC(=O)C23C(=O)CCC(O)C1=O. The fraction of sp³-hybridized carbons (Fsp3) is 0.531. The molecule has 2 aliphatic carbocycles. The number of rotatable bonds is 2. The number of hydrogen-bond donors (Lipinski definition) is 4. The number of hydrogen-bond acceptors (Lipinski definition) is 6. The van der Waals surface area contributed by atoms with Crippen LogP contribution in [0.5, 0.6) is 0 Å². The number of Topliss-reactive ketones (excluding diaryl/α,β-unsaturated/α-hetero) is 2. The van der Waals surface area contributed by atoms with Crippen molar-refractivity contribution in [3.05, 3.63) is 59.8 Å². The van der Waals surface area contributed by atoms with Gasteiger partial charge in [-0.3, -0.25) is 14.4 Å². The lowest BCUT2D eigenvalue weighted by Gasteiger charge is -2.46. The number of nitrogens with one attached hydrogen (secondary N) is 2. The number of carbonyl (C=O) groups is 3. The molecular weight excluding hydrogens is 508 g/mol. The Balaban J connectivity index is 1.46. The van der Waals surface area contributed by atoms with Gasteiger partial charge in [-0.2, -0.15) is 0 Å². The fourth-order valence-electron chi connectivity index (χ4n) is 7.95. The largest absolute Gasteiger partial charge is 0.386 e. The summed E-state index contributed by atoms with van der Waals surface area (Å²) in [5.74, 6) is -2.42. The van der Waals surface area contributed by atoms with E-state index >= 15 is 0 Å². The topological polar surface area (TPSA) is 132 Å². The average Bonchev–Trinajstić information content (AvgIpc) is 3.30. The van der Waals surface area contributed by atoms with Gasteiger partial charge in [0.05, 0.1) is 17.7 Å². The molecule has 8 nitrogen and oxygen atoms in total. The van der Waals surface area contributed by atoms with E-state index in [0.29, 0.717) is 17.6 Å². The van der Waals surface area contributed by atoms with E-state index in [2.05, 4.69) is 10.3 Å². The Hall–Kier alpha value is -3.07. The third kappa shape index (κ3) is 3.80. The van der Waals surface area contributed by atoms with Crippen LogP contribution < -0.4 is 5.32 Å². The lowest BCUT2D eigenvalue weighted by molar-refractivity contribution is -0.149. The Morgan fingerprint density at radius 1 is 1.15 bits per heavy atom. The third-order valence-electron chi connectivity index (χ3n) is 10.2. The van der Waals surface area contributed by atoms with Gasteiger partial charge in [0.2, 0.25) is 5.91 Å². The molecule has 1 amide bonds. The van der Waals surface area contributed by atoms with Gasteiger partial charge in [-0.05, 0) is 50.2 Å². The van der Waals surface area contributed by atoms with Crippen LogP contribution in [0.4, 0.5) is 0 Å². The highest BCUT2D eigenvalue weighted by molar-refractivity contribution is 6.09. The summed E-state index contributed by atoms with van der Waals surface area (Å²) < 4.78 is 6.31. The van der Waals surface area contributed by atoms with E-state index in [-0.39, 0.29) is 36.6 Å². The molecule has 10 atom stereocenters. The second kappa shape index (κ2) is 9.50. The first-order chi connectivity index (χ1) is 19.0. The van der Waals surface area contributed by atoms with Crippen LogP contribution in [0.25, 0.3) is 10.9 Å². The number of ether oxygens (including phenoxy) is 1. The van der Waals surface area contributed by atoms with Crippen molar-refractivity contribution >= 4 is 28.4 Å². The number of amides is 1.